The number of piperazine rings is 1. The Bertz CT molecular complexity index is 621. The van der Waals surface area contributed by atoms with Crippen molar-refractivity contribution in [2.75, 3.05) is 39.3 Å². The van der Waals surface area contributed by atoms with Crippen molar-refractivity contribution in [2.24, 2.45) is 11.8 Å². The van der Waals surface area contributed by atoms with Crippen LogP contribution in [0.15, 0.2) is 10.7 Å². The number of β-amino-alcohol motifs (C(OH)–C–C–N with tert-alkyl or cyclic N) is 1. The first-order valence-electron chi connectivity index (χ1n) is 10.9. The Balaban J connectivity index is 1.26. The van der Waals surface area contributed by atoms with Crippen LogP contribution >= 0.6 is 11.6 Å². The van der Waals surface area contributed by atoms with Gasteiger partial charge in [0.1, 0.15) is 0 Å². The third-order valence-electron chi connectivity index (χ3n) is 6.92. The third kappa shape index (κ3) is 4.10. The van der Waals surface area contributed by atoms with E-state index in [9.17, 15) is 14.7 Å². The van der Waals surface area contributed by atoms with Crippen molar-refractivity contribution in [3.8, 4) is 0 Å². The van der Waals surface area contributed by atoms with Gasteiger partial charge in [0.05, 0.1) is 24.5 Å². The molecule has 1 saturated carbocycles. The minimum absolute atomic E-state index is 0.0579. The summed E-state index contributed by atoms with van der Waals surface area (Å²) >= 11 is 6.43. The van der Waals surface area contributed by atoms with E-state index in [4.69, 9.17) is 11.6 Å². The average Bonchev–Trinajstić information content (AvgIpc) is 2.94. The first-order chi connectivity index (χ1) is 13.5. The van der Waals surface area contributed by atoms with Crippen LogP contribution in [0.5, 0.6) is 0 Å². The lowest BCUT2D eigenvalue weighted by Crippen LogP contribution is -2.50. The van der Waals surface area contributed by atoms with E-state index in [2.05, 4.69) is 9.80 Å². The van der Waals surface area contributed by atoms with Gasteiger partial charge in [-0.05, 0) is 38.5 Å². The smallest absolute Gasteiger partial charge is 0.233 e. The van der Waals surface area contributed by atoms with Crippen molar-refractivity contribution in [3.63, 3.8) is 0 Å². The number of carbonyl (C=O) groups is 2. The molecule has 3 fully saturated rings. The molecular weight excluding hydrogens is 378 g/mol. The summed E-state index contributed by atoms with van der Waals surface area (Å²) in [5.74, 6) is -0.383. The Labute approximate surface area is 172 Å². The zero-order valence-electron chi connectivity index (χ0n) is 16.6. The predicted molar refractivity (Wildman–Crippen MR) is 108 cm³/mol. The van der Waals surface area contributed by atoms with Crippen LogP contribution in [-0.4, -0.2) is 77.0 Å². The molecule has 0 aromatic carbocycles. The molecule has 2 amide bonds. The molecule has 4 rings (SSSR count). The van der Waals surface area contributed by atoms with Gasteiger partial charge in [-0.1, -0.05) is 24.4 Å². The number of carbonyl (C=O) groups excluding carboxylic acids is 2. The quantitative estimate of drug-likeness (QED) is 0.705. The van der Waals surface area contributed by atoms with Crippen LogP contribution in [0, 0.1) is 11.8 Å². The number of imide groups is 1. The molecule has 0 radical (unpaired) electrons. The van der Waals surface area contributed by atoms with E-state index in [0.29, 0.717) is 6.54 Å². The zero-order valence-corrected chi connectivity index (χ0v) is 17.4. The summed E-state index contributed by atoms with van der Waals surface area (Å²) in [6.45, 7) is 4.23. The predicted octanol–water partition coefficient (Wildman–Crippen LogP) is 2.16. The van der Waals surface area contributed by atoms with Gasteiger partial charge in [0.15, 0.2) is 0 Å². The lowest BCUT2D eigenvalue weighted by atomic mass is 9.81. The van der Waals surface area contributed by atoms with Crippen molar-refractivity contribution in [3.05, 3.63) is 10.7 Å². The molecule has 3 atom stereocenters. The topological polar surface area (TPSA) is 64.1 Å². The summed E-state index contributed by atoms with van der Waals surface area (Å²) in [7, 11) is 0. The van der Waals surface area contributed by atoms with E-state index in [0.717, 1.165) is 69.7 Å². The van der Waals surface area contributed by atoms with Crippen molar-refractivity contribution in [2.45, 2.75) is 57.5 Å². The molecule has 28 heavy (non-hydrogen) atoms. The molecule has 6 nitrogen and oxygen atoms in total. The van der Waals surface area contributed by atoms with Crippen molar-refractivity contribution < 1.29 is 14.7 Å². The van der Waals surface area contributed by atoms with Gasteiger partial charge in [0.25, 0.3) is 0 Å². The lowest BCUT2D eigenvalue weighted by Gasteiger charge is -2.39. The molecule has 2 saturated heterocycles. The number of amides is 2. The summed E-state index contributed by atoms with van der Waals surface area (Å²) in [6, 6.07) is 0. The number of aliphatic hydroxyl groups excluding tert-OH is 1. The van der Waals surface area contributed by atoms with E-state index < -0.39 is 6.10 Å². The molecule has 2 aliphatic heterocycles. The highest BCUT2D eigenvalue weighted by Crippen LogP contribution is 2.38. The Kier molecular flexibility index (Phi) is 6.28. The Morgan fingerprint density at radius 3 is 2.11 bits per heavy atom. The Morgan fingerprint density at radius 1 is 0.893 bits per heavy atom. The fourth-order valence-corrected chi connectivity index (χ4v) is 5.71. The summed E-state index contributed by atoms with van der Waals surface area (Å²) in [6.07, 6.45) is 7.48. The molecule has 1 N–H and O–H groups in total. The lowest BCUT2D eigenvalue weighted by molar-refractivity contribution is -0.141. The van der Waals surface area contributed by atoms with Gasteiger partial charge in [-0.3, -0.25) is 19.4 Å². The molecule has 3 unspecified atom stereocenters. The van der Waals surface area contributed by atoms with Crippen LogP contribution in [0.25, 0.3) is 0 Å². The van der Waals surface area contributed by atoms with Crippen molar-refractivity contribution >= 4 is 23.4 Å². The summed E-state index contributed by atoms with van der Waals surface area (Å²) in [5.41, 5.74) is 1.31. The summed E-state index contributed by atoms with van der Waals surface area (Å²) in [4.78, 5) is 31.1. The zero-order chi connectivity index (χ0) is 19.7. The normalized spacial score (nSPS) is 30.8. The minimum atomic E-state index is -0.683. The van der Waals surface area contributed by atoms with Gasteiger partial charge in [-0.2, -0.15) is 0 Å². The van der Waals surface area contributed by atoms with Gasteiger partial charge in [-0.25, -0.2) is 0 Å². The Morgan fingerprint density at radius 2 is 1.50 bits per heavy atom. The highest BCUT2D eigenvalue weighted by molar-refractivity contribution is 6.29. The van der Waals surface area contributed by atoms with Crippen LogP contribution in [0.4, 0.5) is 0 Å². The van der Waals surface area contributed by atoms with Crippen molar-refractivity contribution in [1.82, 2.24) is 14.7 Å². The number of likely N-dealkylation sites (tertiary alicyclic amines) is 1. The summed E-state index contributed by atoms with van der Waals surface area (Å²) in [5, 5.41) is 11.6. The summed E-state index contributed by atoms with van der Waals surface area (Å²) < 4.78 is 0. The largest absolute Gasteiger partial charge is 0.390 e. The number of hydrogen-bond donors (Lipinski definition) is 1. The fourth-order valence-electron chi connectivity index (χ4n) is 5.36. The Hall–Kier alpha value is -1.11. The number of aliphatic hydroxyl groups is 1. The SMILES string of the molecule is O=C1C2CCCCC2C(=O)N1CC(O)CN1CCN(C2=C(Cl)CCCC2)CC1. The number of hydrogen-bond acceptors (Lipinski definition) is 5. The molecular formula is C21H32ClN3O3. The second-order valence-corrected chi connectivity index (χ2v) is 9.24. The average molecular weight is 410 g/mol. The number of nitrogens with zero attached hydrogens (tertiary/aromatic N) is 3. The number of fused-ring (bicyclic) bond motifs is 1. The standard InChI is InChI=1S/C21H32ClN3O3/c22-18-7-3-4-8-19(18)24-11-9-23(10-12-24)13-15(26)14-25-20(27)16-5-1-2-6-17(16)21(25)28/h15-17,26H,1-14H2. The van der Waals surface area contributed by atoms with Gasteiger partial charge < -0.3 is 10.0 Å². The van der Waals surface area contributed by atoms with Crippen molar-refractivity contribution in [1.29, 1.82) is 0 Å². The number of rotatable bonds is 5. The second kappa shape index (κ2) is 8.72. The maximum absolute atomic E-state index is 12.6. The maximum Gasteiger partial charge on any atom is 0.233 e. The number of allylic oxidation sites excluding steroid dienone is 2. The second-order valence-electron chi connectivity index (χ2n) is 8.78. The van der Waals surface area contributed by atoms with Crippen LogP contribution in [-0.2, 0) is 9.59 Å². The molecule has 0 bridgehead atoms. The van der Waals surface area contributed by atoms with E-state index >= 15 is 0 Å². The molecule has 0 aromatic heterocycles. The maximum atomic E-state index is 12.6. The molecule has 0 spiro atoms. The molecule has 0 aromatic rings. The van der Waals surface area contributed by atoms with E-state index in [1.807, 2.05) is 0 Å². The molecule has 7 heteroatoms. The minimum Gasteiger partial charge on any atom is -0.390 e. The highest BCUT2D eigenvalue weighted by Gasteiger charge is 2.48. The monoisotopic (exact) mass is 409 g/mol. The van der Waals surface area contributed by atoms with Gasteiger partial charge in [-0.15, -0.1) is 0 Å². The van der Waals surface area contributed by atoms with Crippen LogP contribution in [0.3, 0.4) is 0 Å². The molecule has 2 heterocycles. The van der Waals surface area contributed by atoms with Gasteiger partial charge in [0, 0.05) is 43.5 Å². The van der Waals surface area contributed by atoms with Crippen LogP contribution in [0.1, 0.15) is 51.4 Å². The molecule has 4 aliphatic rings. The number of halogens is 1. The van der Waals surface area contributed by atoms with Crippen LogP contribution < -0.4 is 0 Å². The van der Waals surface area contributed by atoms with Gasteiger partial charge >= 0.3 is 0 Å². The third-order valence-corrected chi connectivity index (χ3v) is 7.33. The first-order valence-corrected chi connectivity index (χ1v) is 11.3. The first kappa shape index (κ1) is 20.2. The fraction of sp³-hybridized carbons (Fsp3) is 0.810. The van der Waals surface area contributed by atoms with Crippen LogP contribution in [0.2, 0.25) is 0 Å². The van der Waals surface area contributed by atoms with E-state index in [-0.39, 0.29) is 30.2 Å². The van der Waals surface area contributed by atoms with E-state index in [1.165, 1.54) is 23.4 Å². The highest BCUT2D eigenvalue weighted by atomic mass is 35.5. The molecule has 156 valence electrons. The molecule has 2 aliphatic carbocycles. The van der Waals surface area contributed by atoms with Gasteiger partial charge in [0.2, 0.25) is 11.8 Å². The van der Waals surface area contributed by atoms with E-state index in [1.54, 1.807) is 0 Å².